The van der Waals surface area contributed by atoms with E-state index in [1.54, 1.807) is 29.0 Å². The van der Waals surface area contributed by atoms with Crippen molar-refractivity contribution in [3.05, 3.63) is 60.2 Å². The van der Waals surface area contributed by atoms with Gasteiger partial charge < -0.3 is 25.0 Å². The van der Waals surface area contributed by atoms with Crippen molar-refractivity contribution in [1.82, 2.24) is 9.80 Å². The van der Waals surface area contributed by atoms with Gasteiger partial charge in [0.1, 0.15) is 11.9 Å². The van der Waals surface area contributed by atoms with E-state index in [0.717, 1.165) is 5.56 Å². The van der Waals surface area contributed by atoms with Gasteiger partial charge in [0.25, 0.3) is 5.91 Å². The zero-order chi connectivity index (χ0) is 19.7. The highest BCUT2D eigenvalue weighted by atomic mass is 16.5. The van der Waals surface area contributed by atoms with E-state index in [1.807, 2.05) is 42.5 Å². The van der Waals surface area contributed by atoms with Gasteiger partial charge in [-0.15, -0.1) is 0 Å². The SMILES string of the molecule is COc1ccccc1NC(=O)N1C[C@@H]2[C@H](O)C(=O)N(Cc3ccccc3)[C@@H]2C1. The average Bonchev–Trinajstić information content (AvgIpc) is 3.25. The third-order valence-electron chi connectivity index (χ3n) is 5.51. The number of ether oxygens (including phenoxy) is 1. The van der Waals surface area contributed by atoms with Crippen molar-refractivity contribution in [3.8, 4) is 5.75 Å². The fourth-order valence-electron chi connectivity index (χ4n) is 4.05. The predicted octanol–water partition coefficient (Wildman–Crippen LogP) is 1.93. The van der Waals surface area contributed by atoms with Gasteiger partial charge in [0.05, 0.1) is 18.8 Å². The standard InChI is InChI=1S/C21H23N3O4/c1-28-18-10-6-5-9-16(18)22-21(27)23-12-15-17(13-23)24(20(26)19(15)25)11-14-7-3-2-4-8-14/h2-10,15,17,19,25H,11-13H2,1H3,(H,22,27)/t15-,17+,19-/m0/s1. The minimum absolute atomic E-state index is 0.189. The van der Waals surface area contributed by atoms with E-state index >= 15 is 0 Å². The molecule has 2 aliphatic rings. The van der Waals surface area contributed by atoms with Crippen molar-refractivity contribution in [2.75, 3.05) is 25.5 Å². The van der Waals surface area contributed by atoms with E-state index < -0.39 is 6.10 Å². The van der Waals surface area contributed by atoms with Crippen LogP contribution in [0.2, 0.25) is 0 Å². The van der Waals surface area contributed by atoms with Gasteiger partial charge in [-0.25, -0.2) is 4.79 Å². The molecule has 0 spiro atoms. The number of nitrogens with zero attached hydrogens (tertiary/aromatic N) is 2. The van der Waals surface area contributed by atoms with Crippen molar-refractivity contribution in [2.24, 2.45) is 5.92 Å². The molecule has 146 valence electrons. The zero-order valence-electron chi connectivity index (χ0n) is 15.6. The molecule has 2 N–H and O–H groups in total. The molecule has 3 amide bonds. The number of anilines is 1. The van der Waals surface area contributed by atoms with Gasteiger partial charge in [-0.1, -0.05) is 42.5 Å². The summed E-state index contributed by atoms with van der Waals surface area (Å²) < 4.78 is 5.27. The fourth-order valence-corrected chi connectivity index (χ4v) is 4.05. The molecule has 0 bridgehead atoms. The second-order valence-electron chi connectivity index (χ2n) is 7.16. The van der Waals surface area contributed by atoms with E-state index in [-0.39, 0.29) is 23.9 Å². The number of aliphatic hydroxyl groups excluding tert-OH is 1. The number of hydrogen-bond donors (Lipinski definition) is 2. The molecule has 2 aliphatic heterocycles. The van der Waals surface area contributed by atoms with Crippen molar-refractivity contribution >= 4 is 17.6 Å². The largest absolute Gasteiger partial charge is 0.495 e. The Bertz CT molecular complexity index is 873. The molecule has 2 saturated heterocycles. The Morgan fingerprint density at radius 3 is 2.61 bits per heavy atom. The number of carbonyl (C=O) groups is 2. The molecule has 0 aliphatic carbocycles. The number of carbonyl (C=O) groups excluding carboxylic acids is 2. The summed E-state index contributed by atoms with van der Waals surface area (Å²) in [7, 11) is 1.55. The minimum atomic E-state index is -1.07. The maximum atomic E-state index is 12.7. The molecule has 2 heterocycles. The van der Waals surface area contributed by atoms with Gasteiger partial charge in [-0.05, 0) is 17.7 Å². The van der Waals surface area contributed by atoms with Gasteiger partial charge in [0.2, 0.25) is 0 Å². The highest BCUT2D eigenvalue weighted by Crippen LogP contribution is 2.34. The first kappa shape index (κ1) is 18.3. The summed E-state index contributed by atoms with van der Waals surface area (Å²) in [6.45, 7) is 1.16. The Morgan fingerprint density at radius 1 is 1.14 bits per heavy atom. The van der Waals surface area contributed by atoms with Crippen LogP contribution in [0.3, 0.4) is 0 Å². The lowest BCUT2D eigenvalue weighted by Crippen LogP contribution is -2.41. The summed E-state index contributed by atoms with van der Waals surface area (Å²) in [6, 6.07) is 16.4. The monoisotopic (exact) mass is 381 g/mol. The molecule has 7 heteroatoms. The van der Waals surface area contributed by atoms with Crippen molar-refractivity contribution < 1.29 is 19.4 Å². The molecule has 2 fully saturated rings. The van der Waals surface area contributed by atoms with Crippen molar-refractivity contribution in [1.29, 1.82) is 0 Å². The quantitative estimate of drug-likeness (QED) is 0.848. The lowest BCUT2D eigenvalue weighted by atomic mass is 10.0. The first-order valence-corrected chi connectivity index (χ1v) is 9.30. The predicted molar refractivity (Wildman–Crippen MR) is 104 cm³/mol. The van der Waals surface area contributed by atoms with Gasteiger partial charge in [0.15, 0.2) is 0 Å². The van der Waals surface area contributed by atoms with Gasteiger partial charge in [-0.2, -0.15) is 0 Å². The van der Waals surface area contributed by atoms with Crippen LogP contribution in [0.1, 0.15) is 5.56 Å². The van der Waals surface area contributed by atoms with Crippen LogP contribution in [-0.2, 0) is 11.3 Å². The number of rotatable bonds is 4. The Kier molecular flexibility index (Phi) is 4.92. The van der Waals surface area contributed by atoms with Gasteiger partial charge in [0, 0.05) is 25.6 Å². The smallest absolute Gasteiger partial charge is 0.322 e. The molecule has 3 atom stereocenters. The summed E-state index contributed by atoms with van der Waals surface area (Å²) in [5.74, 6) is 0.0411. The number of aliphatic hydroxyl groups is 1. The van der Waals surface area contributed by atoms with Gasteiger partial charge in [-0.3, -0.25) is 4.79 Å². The number of urea groups is 1. The first-order chi connectivity index (χ1) is 13.6. The Hall–Kier alpha value is -3.06. The molecule has 4 rings (SSSR count). The highest BCUT2D eigenvalue weighted by molar-refractivity contribution is 5.92. The number of benzene rings is 2. The lowest BCUT2D eigenvalue weighted by Gasteiger charge is -2.25. The van der Waals surface area contributed by atoms with E-state index in [1.165, 1.54) is 0 Å². The maximum absolute atomic E-state index is 12.7. The number of likely N-dealkylation sites (tertiary alicyclic amines) is 2. The van der Waals surface area contributed by atoms with Crippen LogP contribution in [0.5, 0.6) is 5.75 Å². The minimum Gasteiger partial charge on any atom is -0.495 e. The Labute approximate surface area is 163 Å². The number of hydrogen-bond acceptors (Lipinski definition) is 4. The number of nitrogens with one attached hydrogen (secondary N) is 1. The third kappa shape index (κ3) is 3.29. The molecule has 7 nitrogen and oxygen atoms in total. The number of methoxy groups -OCH3 is 1. The van der Waals surface area contributed by atoms with Crippen LogP contribution >= 0.6 is 0 Å². The van der Waals surface area contributed by atoms with Gasteiger partial charge >= 0.3 is 6.03 Å². The lowest BCUT2D eigenvalue weighted by molar-refractivity contribution is -0.136. The van der Waals surface area contributed by atoms with E-state index in [0.29, 0.717) is 31.1 Å². The molecule has 2 aromatic rings. The molecule has 2 aromatic carbocycles. The van der Waals surface area contributed by atoms with Crippen molar-refractivity contribution in [3.63, 3.8) is 0 Å². The highest BCUT2D eigenvalue weighted by Gasteiger charge is 2.52. The van der Waals surface area contributed by atoms with E-state index in [2.05, 4.69) is 5.32 Å². The topological polar surface area (TPSA) is 82.1 Å². The molecule has 0 saturated carbocycles. The van der Waals surface area contributed by atoms with Crippen LogP contribution in [0.25, 0.3) is 0 Å². The van der Waals surface area contributed by atoms with Crippen molar-refractivity contribution in [2.45, 2.75) is 18.7 Å². The fraction of sp³-hybridized carbons (Fsp3) is 0.333. The van der Waals surface area contributed by atoms with Crippen LogP contribution in [0.15, 0.2) is 54.6 Å². The van der Waals surface area contributed by atoms with E-state index in [4.69, 9.17) is 4.74 Å². The summed E-state index contributed by atoms with van der Waals surface area (Å²) in [4.78, 5) is 28.6. The molecule has 0 aromatic heterocycles. The first-order valence-electron chi connectivity index (χ1n) is 9.30. The second kappa shape index (κ2) is 7.52. The summed E-state index contributed by atoms with van der Waals surface area (Å²) in [5, 5.41) is 13.3. The number of amides is 3. The third-order valence-corrected chi connectivity index (χ3v) is 5.51. The molecular weight excluding hydrogens is 358 g/mol. The van der Waals surface area contributed by atoms with Crippen LogP contribution < -0.4 is 10.1 Å². The number of para-hydroxylation sites is 2. The molecule has 0 radical (unpaired) electrons. The number of fused-ring (bicyclic) bond motifs is 1. The second-order valence-corrected chi connectivity index (χ2v) is 7.16. The van der Waals surface area contributed by atoms with Crippen LogP contribution in [0.4, 0.5) is 10.5 Å². The molecule has 28 heavy (non-hydrogen) atoms. The summed E-state index contributed by atoms with van der Waals surface area (Å²) in [5.41, 5.74) is 1.59. The molecular formula is C21H23N3O4. The summed E-state index contributed by atoms with van der Waals surface area (Å²) in [6.07, 6.45) is -1.07. The normalized spacial score (nSPS) is 23.6. The van der Waals surface area contributed by atoms with E-state index in [9.17, 15) is 14.7 Å². The maximum Gasteiger partial charge on any atom is 0.322 e. The van der Waals surface area contributed by atoms with Crippen LogP contribution in [-0.4, -0.2) is 59.2 Å². The Balaban J connectivity index is 1.47. The molecule has 0 unspecified atom stereocenters. The average molecular weight is 381 g/mol. The Morgan fingerprint density at radius 2 is 1.86 bits per heavy atom. The zero-order valence-corrected chi connectivity index (χ0v) is 15.6. The van der Waals surface area contributed by atoms with Crippen LogP contribution in [0, 0.1) is 5.92 Å². The summed E-state index contributed by atoms with van der Waals surface area (Å²) >= 11 is 0.